The lowest BCUT2D eigenvalue weighted by atomic mass is 9.43. The highest BCUT2D eigenvalue weighted by Gasteiger charge is 2.64. The van der Waals surface area contributed by atoms with Crippen LogP contribution in [0.3, 0.4) is 0 Å². The fraction of sp³-hybridized carbons (Fsp3) is 0.960. The van der Waals surface area contributed by atoms with E-state index in [2.05, 4.69) is 52.2 Å². The maximum atomic E-state index is 11.9. The highest BCUT2D eigenvalue weighted by molar-refractivity contribution is 5.66. The lowest BCUT2D eigenvalue weighted by molar-refractivity contribution is -0.167. The number of hydrogen-bond acceptors (Lipinski definition) is 6. The summed E-state index contributed by atoms with van der Waals surface area (Å²) in [5.74, 6) is 4.95. The largest absolute Gasteiger partial charge is 0.481 e. The summed E-state index contributed by atoms with van der Waals surface area (Å²) in [6, 6.07) is 1.05. The number of hydrogen-bond donors (Lipinski definition) is 6. The first-order valence-corrected chi connectivity index (χ1v) is 24.8. The molecule has 8 rings (SSSR count). The van der Waals surface area contributed by atoms with Crippen LogP contribution in [0, 0.1) is 92.7 Å². The number of rotatable bonds is 13. The highest BCUT2D eigenvalue weighted by Crippen LogP contribution is 2.70. The Hall–Kier alpha value is -1.22. The molecule has 8 heteroatoms. The maximum absolute atomic E-state index is 11.9. The Morgan fingerprint density at radius 2 is 0.897 bits per heavy atom. The molecule has 0 spiro atoms. The number of carboxylic acids is 2. The summed E-state index contributed by atoms with van der Waals surface area (Å²) in [6.45, 7) is 16.7. The van der Waals surface area contributed by atoms with Crippen molar-refractivity contribution in [2.24, 2.45) is 92.7 Å². The molecule has 0 bridgehead atoms. The minimum atomic E-state index is -0.677. The van der Waals surface area contributed by atoms with E-state index in [-0.39, 0.29) is 35.9 Å². The molecule has 4 unspecified atom stereocenters. The predicted molar refractivity (Wildman–Crippen MR) is 229 cm³/mol. The first-order valence-electron chi connectivity index (χ1n) is 24.8. The molecule has 6 N–H and O–H groups in total. The van der Waals surface area contributed by atoms with Gasteiger partial charge in [0.05, 0.1) is 12.2 Å². The van der Waals surface area contributed by atoms with E-state index in [9.17, 15) is 30.0 Å². The number of fused-ring (bicyclic) bond motifs is 10. The molecule has 58 heavy (non-hydrogen) atoms. The van der Waals surface area contributed by atoms with E-state index < -0.39 is 11.9 Å². The van der Waals surface area contributed by atoms with Crippen molar-refractivity contribution in [3.63, 3.8) is 0 Å². The lowest BCUT2D eigenvalue weighted by Gasteiger charge is -2.63. The van der Waals surface area contributed by atoms with Crippen LogP contribution in [0.15, 0.2) is 0 Å². The van der Waals surface area contributed by atoms with Crippen LogP contribution in [0.25, 0.3) is 0 Å². The maximum Gasteiger partial charge on any atom is 0.303 e. The standard InChI is InChI=1S/C50H84N2O6/c1-29(7-13-43(55)56)35-9-11-37-45-39(17-21-49(35,37)5)47(3)19-15-33(25-31(47)27-41(45)53)51-23-24-52-34-16-20-48(4)32(26-34)28-42(54)46-38-12-10-36(30(2)8-14-44(57)58)50(38,6)22-18-40(46)48/h29-42,45-46,51-54H,7-28H2,1-6H3,(H,55,56)(H,57,58)/t29-,30-,31?,32?,33?,34?,35-,36-,37+,38+,39+,40+,41+,42+,45+,46+,47+,48+,49-,50-/m1/s1. The highest BCUT2D eigenvalue weighted by atomic mass is 16.4. The van der Waals surface area contributed by atoms with Gasteiger partial charge in [0.1, 0.15) is 0 Å². The van der Waals surface area contributed by atoms with Crippen molar-refractivity contribution >= 4 is 11.9 Å². The molecule has 0 aliphatic heterocycles. The fourth-order valence-electron chi connectivity index (χ4n) is 18.4. The number of nitrogens with one attached hydrogen (secondary N) is 2. The molecule has 8 saturated carbocycles. The van der Waals surface area contributed by atoms with Gasteiger partial charge in [-0.05, 0) is 208 Å². The molecule has 8 fully saturated rings. The predicted octanol–water partition coefficient (Wildman–Crippen LogP) is 9.16. The third kappa shape index (κ3) is 7.46. The van der Waals surface area contributed by atoms with E-state index in [4.69, 9.17) is 0 Å². The van der Waals surface area contributed by atoms with Gasteiger partial charge in [0.15, 0.2) is 0 Å². The minimum Gasteiger partial charge on any atom is -0.481 e. The second kappa shape index (κ2) is 16.5. The molecular weight excluding hydrogens is 725 g/mol. The van der Waals surface area contributed by atoms with Crippen molar-refractivity contribution < 1.29 is 30.0 Å². The molecule has 0 heterocycles. The molecule has 0 aromatic heterocycles. The first-order chi connectivity index (χ1) is 27.5. The Kier molecular flexibility index (Phi) is 12.3. The number of aliphatic carboxylic acids is 2. The smallest absolute Gasteiger partial charge is 0.303 e. The Morgan fingerprint density at radius 3 is 1.28 bits per heavy atom. The van der Waals surface area contributed by atoms with Crippen molar-refractivity contribution in [3.8, 4) is 0 Å². The fourth-order valence-corrected chi connectivity index (χ4v) is 18.4. The Balaban J connectivity index is 0.805. The van der Waals surface area contributed by atoms with E-state index >= 15 is 0 Å². The SMILES string of the molecule is C[C@H](CCC(=O)O)[C@H]1CC[C@H]2[C@@H]3[C@@H](O)CC4CC(NCCNC5CC[C@@]6(C)C(C5)C[C@H](O)[C@H]5[C@@H]7CC[C@H]([C@H](C)CCC(=O)O)[C@@]7(C)CC[C@@H]56)CC[C@]4(C)[C@H]3CC[C@]12C. The van der Waals surface area contributed by atoms with E-state index in [0.717, 1.165) is 38.8 Å². The van der Waals surface area contributed by atoms with Gasteiger partial charge >= 0.3 is 11.9 Å². The normalized spacial score (nSPS) is 50.6. The molecule has 0 aromatic rings. The van der Waals surface area contributed by atoms with Gasteiger partial charge in [-0.15, -0.1) is 0 Å². The second-order valence-corrected chi connectivity index (χ2v) is 23.7. The topological polar surface area (TPSA) is 139 Å². The third-order valence-electron chi connectivity index (χ3n) is 21.5. The third-order valence-corrected chi connectivity index (χ3v) is 21.5. The number of aliphatic hydroxyl groups is 2. The Bertz CT molecular complexity index is 1380. The average Bonchev–Trinajstić information content (AvgIpc) is 3.72. The molecule has 0 amide bonds. The summed E-state index contributed by atoms with van der Waals surface area (Å²) in [4.78, 5) is 22.7. The summed E-state index contributed by atoms with van der Waals surface area (Å²) >= 11 is 0. The molecule has 0 saturated heterocycles. The number of carbonyl (C=O) groups is 2. The lowest BCUT2D eigenvalue weighted by Crippen LogP contribution is -2.60. The van der Waals surface area contributed by atoms with Gasteiger partial charge in [-0.25, -0.2) is 0 Å². The first kappa shape index (κ1) is 43.4. The van der Waals surface area contributed by atoms with Gasteiger partial charge in [-0.1, -0.05) is 41.5 Å². The van der Waals surface area contributed by atoms with Gasteiger partial charge in [-0.2, -0.15) is 0 Å². The molecule has 8 aliphatic carbocycles. The monoisotopic (exact) mass is 809 g/mol. The van der Waals surface area contributed by atoms with Crippen molar-refractivity contribution in [1.29, 1.82) is 0 Å². The van der Waals surface area contributed by atoms with Crippen molar-refractivity contribution in [3.05, 3.63) is 0 Å². The number of carboxylic acid groups (broad SMARTS) is 2. The van der Waals surface area contributed by atoms with Gasteiger partial charge < -0.3 is 31.1 Å². The Labute approximate surface area is 351 Å². The molecule has 0 radical (unpaired) electrons. The summed E-state index contributed by atoms with van der Waals surface area (Å²) in [5, 5.41) is 50.5. The van der Waals surface area contributed by atoms with Crippen LogP contribution in [0.4, 0.5) is 0 Å². The Morgan fingerprint density at radius 1 is 0.534 bits per heavy atom. The molecule has 330 valence electrons. The van der Waals surface area contributed by atoms with E-state index in [0.29, 0.717) is 93.9 Å². The molecular formula is C50H84N2O6. The van der Waals surface area contributed by atoms with Crippen LogP contribution < -0.4 is 10.6 Å². The van der Waals surface area contributed by atoms with E-state index in [1.165, 1.54) is 89.9 Å². The van der Waals surface area contributed by atoms with Crippen LogP contribution in [-0.2, 0) is 9.59 Å². The quantitative estimate of drug-likeness (QED) is 0.101. The summed E-state index contributed by atoms with van der Waals surface area (Å²) in [5.41, 5.74) is 1.08. The number of aliphatic hydroxyl groups excluding tert-OH is 2. The minimum absolute atomic E-state index is 0.209. The summed E-state index contributed by atoms with van der Waals surface area (Å²) in [6.07, 6.45) is 20.6. The molecule has 0 aromatic carbocycles. The van der Waals surface area contributed by atoms with Crippen LogP contribution >= 0.6 is 0 Å². The van der Waals surface area contributed by atoms with Crippen molar-refractivity contribution in [2.75, 3.05) is 13.1 Å². The van der Waals surface area contributed by atoms with Crippen molar-refractivity contribution in [1.82, 2.24) is 10.6 Å². The zero-order valence-electron chi connectivity index (χ0n) is 37.4. The van der Waals surface area contributed by atoms with Gasteiger partial charge in [0.25, 0.3) is 0 Å². The second-order valence-electron chi connectivity index (χ2n) is 23.7. The zero-order valence-corrected chi connectivity index (χ0v) is 37.4. The molecule has 20 atom stereocenters. The summed E-state index contributed by atoms with van der Waals surface area (Å²) in [7, 11) is 0. The average molecular weight is 809 g/mol. The van der Waals surface area contributed by atoms with Gasteiger partial charge in [-0.3, -0.25) is 9.59 Å². The van der Waals surface area contributed by atoms with Crippen LogP contribution in [0.5, 0.6) is 0 Å². The van der Waals surface area contributed by atoms with E-state index in [1.54, 1.807) is 0 Å². The van der Waals surface area contributed by atoms with E-state index in [1.807, 2.05) is 0 Å². The molecule has 8 nitrogen and oxygen atoms in total. The van der Waals surface area contributed by atoms with Crippen LogP contribution in [0.1, 0.15) is 170 Å². The van der Waals surface area contributed by atoms with Gasteiger partial charge in [0.2, 0.25) is 0 Å². The van der Waals surface area contributed by atoms with Crippen LogP contribution in [0.2, 0.25) is 0 Å². The van der Waals surface area contributed by atoms with Crippen LogP contribution in [-0.4, -0.2) is 69.7 Å². The molecule has 8 aliphatic rings. The summed E-state index contributed by atoms with van der Waals surface area (Å²) < 4.78 is 0. The van der Waals surface area contributed by atoms with Gasteiger partial charge in [0, 0.05) is 38.0 Å². The zero-order chi connectivity index (χ0) is 41.4. The van der Waals surface area contributed by atoms with Crippen molar-refractivity contribution in [2.45, 2.75) is 194 Å².